The highest BCUT2D eigenvalue weighted by Crippen LogP contribution is 2.30. The second-order valence-corrected chi connectivity index (χ2v) is 5.06. The second kappa shape index (κ2) is 5.40. The molecule has 0 aliphatic carbocycles. The fraction of sp³-hybridized carbons (Fsp3) is 0.429. The fourth-order valence-electron chi connectivity index (χ4n) is 2.58. The van der Waals surface area contributed by atoms with Gasteiger partial charge >= 0.3 is 5.97 Å². The molecular formula is C14H18N2O3. The molecule has 19 heavy (non-hydrogen) atoms. The van der Waals surface area contributed by atoms with E-state index in [-0.39, 0.29) is 18.4 Å². The summed E-state index contributed by atoms with van der Waals surface area (Å²) < 4.78 is 5.30. The lowest BCUT2D eigenvalue weighted by molar-refractivity contribution is -0.138. The molecule has 2 aromatic rings. The maximum atomic E-state index is 10.9. The van der Waals surface area contributed by atoms with Crippen LogP contribution in [0, 0.1) is 5.92 Å². The first kappa shape index (κ1) is 13.5. The van der Waals surface area contributed by atoms with Gasteiger partial charge in [0.05, 0.1) is 0 Å². The summed E-state index contributed by atoms with van der Waals surface area (Å²) in [4.78, 5) is 17.0. The molecular weight excluding hydrogens is 244 g/mol. The molecule has 1 N–H and O–H groups in total. The molecule has 0 aliphatic rings. The number of nitrogens with zero attached hydrogens (tertiary/aromatic N) is 2. The Bertz CT molecular complexity index is 577. The zero-order valence-corrected chi connectivity index (χ0v) is 11.3. The number of oxazole rings is 1. The molecule has 0 amide bonds. The maximum Gasteiger partial charge on any atom is 0.303 e. The number of carbonyl (C=O) groups is 1. The number of hydrogen-bond donors (Lipinski definition) is 1. The van der Waals surface area contributed by atoms with Gasteiger partial charge in [0.1, 0.15) is 5.52 Å². The molecule has 0 aliphatic heterocycles. The zero-order chi connectivity index (χ0) is 14.0. The Morgan fingerprint density at radius 3 is 2.84 bits per heavy atom. The van der Waals surface area contributed by atoms with Crippen LogP contribution in [0.4, 0.5) is 0 Å². The largest absolute Gasteiger partial charge is 0.481 e. The van der Waals surface area contributed by atoms with E-state index in [1.165, 1.54) is 6.39 Å². The van der Waals surface area contributed by atoms with Gasteiger partial charge in [0, 0.05) is 12.5 Å². The Morgan fingerprint density at radius 2 is 2.21 bits per heavy atom. The van der Waals surface area contributed by atoms with E-state index in [0.717, 1.165) is 16.7 Å². The van der Waals surface area contributed by atoms with E-state index < -0.39 is 5.97 Å². The summed E-state index contributed by atoms with van der Waals surface area (Å²) in [6, 6.07) is 5.85. The lowest BCUT2D eigenvalue weighted by atomic mass is 9.91. The van der Waals surface area contributed by atoms with Crippen molar-refractivity contribution in [2.24, 2.45) is 5.92 Å². The monoisotopic (exact) mass is 262 g/mol. The normalized spacial score (nSPS) is 14.7. The topological polar surface area (TPSA) is 66.6 Å². The number of carboxylic acid groups (broad SMARTS) is 1. The van der Waals surface area contributed by atoms with Crippen LogP contribution in [0.2, 0.25) is 0 Å². The summed E-state index contributed by atoms with van der Waals surface area (Å²) in [5.74, 6) is -0.770. The van der Waals surface area contributed by atoms with Crippen LogP contribution in [0.25, 0.3) is 11.1 Å². The van der Waals surface area contributed by atoms with Gasteiger partial charge in [-0.1, -0.05) is 13.0 Å². The third-order valence-corrected chi connectivity index (χ3v) is 3.29. The molecule has 5 heteroatoms. The van der Waals surface area contributed by atoms with Crippen molar-refractivity contribution >= 4 is 17.1 Å². The predicted octanol–water partition coefficient (Wildman–Crippen LogP) is 2.54. The minimum Gasteiger partial charge on any atom is -0.481 e. The Hall–Kier alpha value is -1.88. The lowest BCUT2D eigenvalue weighted by Gasteiger charge is -2.29. The van der Waals surface area contributed by atoms with Gasteiger partial charge in [-0.05, 0) is 37.7 Å². The van der Waals surface area contributed by atoms with Gasteiger partial charge in [0.25, 0.3) is 0 Å². The maximum absolute atomic E-state index is 10.9. The Labute approximate surface area is 111 Å². The number of rotatable bonds is 5. The first-order valence-electron chi connectivity index (χ1n) is 6.20. The minimum absolute atomic E-state index is 0.00729. The minimum atomic E-state index is -0.778. The predicted molar refractivity (Wildman–Crippen MR) is 71.9 cm³/mol. The van der Waals surface area contributed by atoms with Crippen LogP contribution < -0.4 is 0 Å². The van der Waals surface area contributed by atoms with Crippen LogP contribution >= 0.6 is 0 Å². The van der Waals surface area contributed by atoms with Crippen LogP contribution in [0.1, 0.15) is 24.9 Å². The van der Waals surface area contributed by atoms with Gasteiger partial charge < -0.3 is 14.4 Å². The van der Waals surface area contributed by atoms with Gasteiger partial charge in [-0.2, -0.15) is 0 Å². The number of hydrogen-bond acceptors (Lipinski definition) is 4. The Morgan fingerprint density at radius 1 is 1.47 bits per heavy atom. The Balaban J connectivity index is 2.34. The van der Waals surface area contributed by atoms with E-state index in [9.17, 15) is 4.79 Å². The summed E-state index contributed by atoms with van der Waals surface area (Å²) in [6.07, 6.45) is 1.55. The molecule has 5 nitrogen and oxygen atoms in total. The van der Waals surface area contributed by atoms with Crippen LogP contribution in [0.5, 0.6) is 0 Å². The van der Waals surface area contributed by atoms with Crippen molar-refractivity contribution in [3.63, 3.8) is 0 Å². The first-order valence-corrected chi connectivity index (χ1v) is 6.20. The molecule has 2 atom stereocenters. The van der Waals surface area contributed by atoms with Gasteiger partial charge in [-0.3, -0.25) is 4.79 Å². The highest BCUT2D eigenvalue weighted by atomic mass is 16.4. The van der Waals surface area contributed by atoms with Crippen molar-refractivity contribution in [3.8, 4) is 0 Å². The molecule has 1 heterocycles. The van der Waals surface area contributed by atoms with Crippen molar-refractivity contribution in [1.82, 2.24) is 9.88 Å². The molecule has 0 spiro atoms. The third kappa shape index (κ3) is 2.93. The van der Waals surface area contributed by atoms with Gasteiger partial charge in [0.15, 0.2) is 12.0 Å². The number of carboxylic acids is 1. The van der Waals surface area contributed by atoms with Crippen LogP contribution in [0.3, 0.4) is 0 Å². The van der Waals surface area contributed by atoms with Crippen LogP contribution in [0.15, 0.2) is 29.0 Å². The quantitative estimate of drug-likeness (QED) is 0.897. The van der Waals surface area contributed by atoms with E-state index >= 15 is 0 Å². The molecule has 1 aromatic heterocycles. The van der Waals surface area contributed by atoms with E-state index in [0.29, 0.717) is 0 Å². The zero-order valence-electron chi connectivity index (χ0n) is 11.3. The lowest BCUT2D eigenvalue weighted by Crippen LogP contribution is -2.27. The van der Waals surface area contributed by atoms with E-state index in [1.54, 1.807) is 0 Å². The number of fused-ring (bicyclic) bond motifs is 1. The summed E-state index contributed by atoms with van der Waals surface area (Å²) in [6.45, 7) is 1.95. The third-order valence-electron chi connectivity index (χ3n) is 3.29. The van der Waals surface area contributed by atoms with Crippen molar-refractivity contribution in [1.29, 1.82) is 0 Å². The highest BCUT2D eigenvalue weighted by molar-refractivity contribution is 5.73. The van der Waals surface area contributed by atoms with Gasteiger partial charge in [-0.15, -0.1) is 0 Å². The van der Waals surface area contributed by atoms with E-state index in [2.05, 4.69) is 4.98 Å². The number of aliphatic carboxylic acids is 1. The first-order chi connectivity index (χ1) is 8.99. The molecule has 0 radical (unpaired) electrons. The van der Waals surface area contributed by atoms with Crippen LogP contribution in [-0.4, -0.2) is 35.1 Å². The molecule has 2 unspecified atom stereocenters. The molecule has 0 saturated carbocycles. The summed E-state index contributed by atoms with van der Waals surface area (Å²) in [5.41, 5.74) is 2.59. The summed E-state index contributed by atoms with van der Waals surface area (Å²) in [5, 5.41) is 8.95. The molecule has 1 aromatic carbocycles. The van der Waals surface area contributed by atoms with E-state index in [1.807, 2.05) is 44.1 Å². The SMILES string of the molecule is CC(CC(=O)O)C(c1ccc2ncoc2c1)N(C)C. The smallest absolute Gasteiger partial charge is 0.303 e. The van der Waals surface area contributed by atoms with Crippen LogP contribution in [-0.2, 0) is 4.79 Å². The summed E-state index contributed by atoms with van der Waals surface area (Å²) >= 11 is 0. The van der Waals surface area contributed by atoms with Crippen molar-refractivity contribution in [2.45, 2.75) is 19.4 Å². The molecule has 0 fully saturated rings. The van der Waals surface area contributed by atoms with Crippen molar-refractivity contribution < 1.29 is 14.3 Å². The second-order valence-electron chi connectivity index (χ2n) is 5.06. The molecule has 102 valence electrons. The number of aromatic nitrogens is 1. The molecule has 0 bridgehead atoms. The number of benzene rings is 1. The highest BCUT2D eigenvalue weighted by Gasteiger charge is 2.24. The average Bonchev–Trinajstić information content (AvgIpc) is 2.74. The van der Waals surface area contributed by atoms with Gasteiger partial charge in [0.2, 0.25) is 0 Å². The van der Waals surface area contributed by atoms with Crippen molar-refractivity contribution in [3.05, 3.63) is 30.2 Å². The standard InChI is InChI=1S/C14H18N2O3/c1-9(6-13(17)18)14(16(2)3)10-4-5-11-12(7-10)19-8-15-11/h4-5,7-9,14H,6H2,1-3H3,(H,17,18). The average molecular weight is 262 g/mol. The fourth-order valence-corrected chi connectivity index (χ4v) is 2.58. The summed E-state index contributed by atoms with van der Waals surface area (Å²) in [7, 11) is 3.90. The van der Waals surface area contributed by atoms with Crippen molar-refractivity contribution in [2.75, 3.05) is 14.1 Å². The van der Waals surface area contributed by atoms with E-state index in [4.69, 9.17) is 9.52 Å². The molecule has 2 rings (SSSR count). The molecule has 0 saturated heterocycles. The Kier molecular flexibility index (Phi) is 3.85. The van der Waals surface area contributed by atoms with Gasteiger partial charge in [-0.25, -0.2) is 4.98 Å².